The van der Waals surface area contributed by atoms with Crippen molar-refractivity contribution in [3.63, 3.8) is 0 Å². The molecule has 0 amide bonds. The number of carbonyl (C=O) groups excluding carboxylic acids is 3. The van der Waals surface area contributed by atoms with Crippen LogP contribution in [0.3, 0.4) is 0 Å². The Labute approximate surface area is 107 Å². The molecule has 0 atom stereocenters. The van der Waals surface area contributed by atoms with Crippen LogP contribution in [0, 0.1) is 0 Å². The molecule has 0 aromatic heterocycles. The summed E-state index contributed by atoms with van der Waals surface area (Å²) in [5.74, 6) is -2.23. The molecule has 1 aliphatic rings. The summed E-state index contributed by atoms with van der Waals surface area (Å²) >= 11 is 5.58. The van der Waals surface area contributed by atoms with Gasteiger partial charge < -0.3 is 9.84 Å². The van der Waals surface area contributed by atoms with Gasteiger partial charge in [-0.2, -0.15) is 0 Å². The summed E-state index contributed by atoms with van der Waals surface area (Å²) in [4.78, 5) is 34.2. The molecule has 5 nitrogen and oxygen atoms in total. The first-order chi connectivity index (χ1) is 8.40. The molecule has 0 saturated carbocycles. The highest BCUT2D eigenvalue weighted by Gasteiger charge is 2.28. The Morgan fingerprint density at radius 3 is 2.61 bits per heavy atom. The minimum Gasteiger partial charge on any atom is -0.507 e. The average molecular weight is 267 g/mol. The van der Waals surface area contributed by atoms with Crippen molar-refractivity contribution in [3.8, 4) is 11.5 Å². The summed E-state index contributed by atoms with van der Waals surface area (Å²) in [6, 6.07) is 2.30. The van der Waals surface area contributed by atoms with Crippen LogP contribution in [-0.4, -0.2) is 22.6 Å². The minimum absolute atomic E-state index is 0.00803. The Bertz CT molecular complexity index is 615. The maximum atomic E-state index is 11.7. The van der Waals surface area contributed by atoms with Gasteiger partial charge in [0.25, 0.3) is 0 Å². The normalized spacial score (nSPS) is 14.0. The number of ketones is 2. The highest BCUT2D eigenvalue weighted by Crippen LogP contribution is 2.34. The first kappa shape index (κ1) is 12.3. The number of benzene rings is 1. The van der Waals surface area contributed by atoms with Gasteiger partial charge >= 0.3 is 5.97 Å². The molecule has 0 unspecified atom stereocenters. The maximum absolute atomic E-state index is 11.7. The summed E-state index contributed by atoms with van der Waals surface area (Å²) in [7, 11) is 0. The predicted molar refractivity (Wildman–Crippen MR) is 62.0 cm³/mol. The van der Waals surface area contributed by atoms with Crippen molar-refractivity contribution in [2.24, 2.45) is 0 Å². The Morgan fingerprint density at radius 1 is 1.33 bits per heavy atom. The van der Waals surface area contributed by atoms with Crippen LogP contribution in [0.1, 0.15) is 27.6 Å². The highest BCUT2D eigenvalue weighted by atomic mass is 35.5. The fourth-order valence-corrected chi connectivity index (χ4v) is 1.83. The Hall–Kier alpha value is -2.14. The van der Waals surface area contributed by atoms with Crippen LogP contribution in [0.5, 0.6) is 11.5 Å². The summed E-state index contributed by atoms with van der Waals surface area (Å²) in [5, 5.41) is 9.44. The van der Waals surface area contributed by atoms with Crippen LogP contribution < -0.4 is 4.74 Å². The zero-order valence-corrected chi connectivity index (χ0v) is 9.95. The zero-order chi connectivity index (χ0) is 13.4. The first-order valence-electron chi connectivity index (χ1n) is 4.92. The fraction of sp³-hybridized carbons (Fsp3) is 0.0833. The van der Waals surface area contributed by atoms with Gasteiger partial charge in [-0.3, -0.25) is 14.4 Å². The van der Waals surface area contributed by atoms with Crippen molar-refractivity contribution in [2.75, 3.05) is 0 Å². The van der Waals surface area contributed by atoms with E-state index >= 15 is 0 Å². The van der Waals surface area contributed by atoms with E-state index in [0.717, 1.165) is 12.1 Å². The van der Waals surface area contributed by atoms with Crippen LogP contribution >= 0.6 is 11.6 Å². The molecule has 0 saturated heterocycles. The molecule has 92 valence electrons. The number of halogens is 1. The second-order valence-corrected chi connectivity index (χ2v) is 4.05. The molecule has 0 spiro atoms. The highest BCUT2D eigenvalue weighted by molar-refractivity contribution is 6.49. The molecule has 0 bridgehead atoms. The van der Waals surface area contributed by atoms with Gasteiger partial charge in [0, 0.05) is 24.6 Å². The Kier molecular flexibility index (Phi) is 2.92. The minimum atomic E-state index is -0.641. The molecule has 0 heterocycles. The van der Waals surface area contributed by atoms with E-state index in [1.807, 2.05) is 0 Å². The average Bonchev–Trinajstić information content (AvgIpc) is 2.24. The smallest absolute Gasteiger partial charge is 0.308 e. The van der Waals surface area contributed by atoms with Crippen LogP contribution in [0.4, 0.5) is 0 Å². The predicted octanol–water partition coefficient (Wildman–Crippen LogP) is 1.82. The number of hydrogen-bond acceptors (Lipinski definition) is 5. The van der Waals surface area contributed by atoms with Crippen molar-refractivity contribution in [2.45, 2.75) is 6.92 Å². The number of hydrogen-bond donors (Lipinski definition) is 1. The van der Waals surface area contributed by atoms with Gasteiger partial charge in [0.2, 0.25) is 5.78 Å². The summed E-state index contributed by atoms with van der Waals surface area (Å²) in [6.07, 6.45) is 0.962. The quantitative estimate of drug-likeness (QED) is 0.619. The van der Waals surface area contributed by atoms with Crippen molar-refractivity contribution in [1.82, 2.24) is 0 Å². The molecular formula is C12H7ClO5. The molecule has 0 aliphatic heterocycles. The number of fused-ring (bicyclic) bond motifs is 1. The van der Waals surface area contributed by atoms with Gasteiger partial charge in [-0.25, -0.2) is 0 Å². The number of esters is 1. The van der Waals surface area contributed by atoms with Gasteiger partial charge in [0.05, 0.1) is 10.6 Å². The van der Waals surface area contributed by atoms with E-state index in [0.29, 0.717) is 0 Å². The largest absolute Gasteiger partial charge is 0.507 e. The van der Waals surface area contributed by atoms with E-state index < -0.39 is 23.3 Å². The van der Waals surface area contributed by atoms with Crippen molar-refractivity contribution in [1.29, 1.82) is 0 Å². The second kappa shape index (κ2) is 4.27. The number of allylic oxidation sites excluding steroid dienone is 2. The third-order valence-corrected chi connectivity index (χ3v) is 2.60. The van der Waals surface area contributed by atoms with E-state index in [-0.39, 0.29) is 21.9 Å². The molecule has 0 radical (unpaired) electrons. The number of carbonyl (C=O) groups is 3. The third-order valence-electron chi connectivity index (χ3n) is 2.32. The van der Waals surface area contributed by atoms with Gasteiger partial charge in [0.1, 0.15) is 11.5 Å². The number of Topliss-reactive ketones (excluding diaryl/α,β-unsaturated/α-hetero) is 1. The molecule has 1 aliphatic carbocycles. The number of phenolic OH excluding ortho intramolecular Hbond substituents is 1. The van der Waals surface area contributed by atoms with Crippen molar-refractivity contribution in [3.05, 3.63) is 34.4 Å². The van der Waals surface area contributed by atoms with Gasteiger partial charge in [-0.1, -0.05) is 11.6 Å². The molecule has 0 fully saturated rings. The first-order valence-corrected chi connectivity index (χ1v) is 5.29. The number of rotatable bonds is 1. The van der Waals surface area contributed by atoms with Gasteiger partial charge in [0.15, 0.2) is 5.78 Å². The second-order valence-electron chi connectivity index (χ2n) is 3.64. The number of phenols is 1. The molecule has 1 aromatic carbocycles. The van der Waals surface area contributed by atoms with E-state index in [4.69, 9.17) is 16.3 Å². The lowest BCUT2D eigenvalue weighted by Crippen LogP contribution is -2.15. The van der Waals surface area contributed by atoms with E-state index in [2.05, 4.69) is 0 Å². The van der Waals surface area contributed by atoms with Crippen molar-refractivity contribution < 1.29 is 24.2 Å². The van der Waals surface area contributed by atoms with Crippen LogP contribution in [0.15, 0.2) is 23.2 Å². The van der Waals surface area contributed by atoms with Gasteiger partial charge in [-0.05, 0) is 6.07 Å². The maximum Gasteiger partial charge on any atom is 0.308 e. The van der Waals surface area contributed by atoms with Crippen LogP contribution in [0.2, 0.25) is 0 Å². The number of ether oxygens (including phenoxy) is 1. The zero-order valence-electron chi connectivity index (χ0n) is 9.19. The third kappa shape index (κ3) is 2.00. The molecule has 1 N–H and O–H groups in total. The standard InChI is InChI=1S/C12H7ClO5/c1-5(14)18-6-2-7-9(15)4-8(13)12(17)11(7)10(16)3-6/h2-4,16H,1H3. The fourth-order valence-electron chi connectivity index (χ4n) is 1.64. The summed E-state index contributed by atoms with van der Waals surface area (Å²) in [6.45, 7) is 1.18. The van der Waals surface area contributed by atoms with E-state index in [9.17, 15) is 19.5 Å². The molecular weight excluding hydrogens is 260 g/mol. The van der Waals surface area contributed by atoms with E-state index in [1.54, 1.807) is 0 Å². The topological polar surface area (TPSA) is 80.7 Å². The molecule has 2 rings (SSSR count). The lowest BCUT2D eigenvalue weighted by Gasteiger charge is -2.14. The SMILES string of the molecule is CC(=O)Oc1cc(O)c2c(c1)C(=O)C=C(Cl)C2=O. The Morgan fingerprint density at radius 2 is 2.00 bits per heavy atom. The summed E-state index contributed by atoms with van der Waals surface area (Å²) < 4.78 is 4.76. The molecule has 1 aromatic rings. The molecule has 6 heteroatoms. The Balaban J connectivity index is 2.60. The number of aromatic hydroxyl groups is 1. The monoisotopic (exact) mass is 266 g/mol. The van der Waals surface area contributed by atoms with E-state index in [1.165, 1.54) is 13.0 Å². The lowest BCUT2D eigenvalue weighted by atomic mass is 9.93. The van der Waals surface area contributed by atoms with Gasteiger partial charge in [-0.15, -0.1) is 0 Å². The van der Waals surface area contributed by atoms with Crippen LogP contribution in [0.25, 0.3) is 0 Å². The van der Waals surface area contributed by atoms with Crippen LogP contribution in [-0.2, 0) is 4.79 Å². The molecule has 18 heavy (non-hydrogen) atoms. The van der Waals surface area contributed by atoms with Crippen molar-refractivity contribution >= 4 is 29.1 Å². The summed E-state index contributed by atoms with van der Waals surface area (Å²) in [5.41, 5.74) is -0.218. The lowest BCUT2D eigenvalue weighted by molar-refractivity contribution is -0.131.